The minimum Gasteiger partial charge on any atom is -0.375 e. The van der Waals surface area contributed by atoms with Gasteiger partial charge in [-0.2, -0.15) is 0 Å². The molecule has 2 rings (SSSR count). The first kappa shape index (κ1) is 8.25. The quantitative estimate of drug-likeness (QED) is 0.790. The highest BCUT2D eigenvalue weighted by Gasteiger charge is 2.07. The third-order valence-corrected chi connectivity index (χ3v) is 2.62. The number of nitrogens with zero attached hydrogens (tertiary/aromatic N) is 3. The van der Waals surface area contributed by atoms with E-state index in [2.05, 4.69) is 21.5 Å². The van der Waals surface area contributed by atoms with Crippen molar-refractivity contribution < 1.29 is 0 Å². The Kier molecular flexibility index (Phi) is 2.02. The van der Waals surface area contributed by atoms with E-state index >= 15 is 0 Å². The molecule has 0 bridgehead atoms. The van der Waals surface area contributed by atoms with Gasteiger partial charge in [-0.1, -0.05) is 11.3 Å². The van der Waals surface area contributed by atoms with Gasteiger partial charge in [-0.15, -0.1) is 0 Å². The van der Waals surface area contributed by atoms with Crippen molar-refractivity contribution in [3.8, 4) is 10.7 Å². The van der Waals surface area contributed by atoms with Crippen molar-refractivity contribution in [3.05, 3.63) is 18.6 Å². The minimum absolute atomic E-state index is 0.584. The number of hydrogen-bond acceptors (Lipinski definition) is 4. The smallest absolute Gasteiger partial charge is 0.180 e. The number of imidazole rings is 1. The Morgan fingerprint density at radius 1 is 1.54 bits per heavy atom. The molecule has 0 aromatic carbocycles. The first-order valence-electron chi connectivity index (χ1n) is 4.04. The highest BCUT2D eigenvalue weighted by molar-refractivity contribution is 7.18. The lowest BCUT2D eigenvalue weighted by Gasteiger charge is -1.99. The predicted molar refractivity (Wildman–Crippen MR) is 53.4 cm³/mol. The van der Waals surface area contributed by atoms with Crippen LogP contribution in [0.2, 0.25) is 0 Å². The fourth-order valence-corrected chi connectivity index (χ4v) is 1.88. The summed E-state index contributed by atoms with van der Waals surface area (Å²) in [5.41, 5.74) is 5.55. The van der Waals surface area contributed by atoms with Gasteiger partial charge in [0.15, 0.2) is 11.0 Å². The highest BCUT2D eigenvalue weighted by atomic mass is 32.1. The summed E-state index contributed by atoms with van der Waals surface area (Å²) in [4.78, 5) is 9.26. The van der Waals surface area contributed by atoms with Gasteiger partial charge in [-0.25, -0.2) is 9.97 Å². The van der Waals surface area contributed by atoms with Crippen molar-refractivity contribution in [2.75, 3.05) is 5.73 Å². The van der Waals surface area contributed by atoms with Gasteiger partial charge < -0.3 is 10.3 Å². The molecule has 2 N–H and O–H groups in total. The summed E-state index contributed by atoms with van der Waals surface area (Å²) in [7, 11) is 0. The number of nitrogen functional groups attached to an aromatic ring is 1. The van der Waals surface area contributed by atoms with E-state index in [1.165, 1.54) is 11.3 Å². The second-order valence-corrected chi connectivity index (χ2v) is 3.66. The van der Waals surface area contributed by atoms with Gasteiger partial charge in [0.05, 0.1) is 11.1 Å². The fourth-order valence-electron chi connectivity index (χ4n) is 1.18. The van der Waals surface area contributed by atoms with Crippen LogP contribution in [-0.4, -0.2) is 14.5 Å². The molecule has 0 spiro atoms. The van der Waals surface area contributed by atoms with E-state index in [0.29, 0.717) is 5.13 Å². The average Bonchev–Trinajstić information content (AvgIpc) is 2.71. The third-order valence-electron chi connectivity index (χ3n) is 1.80. The summed E-state index contributed by atoms with van der Waals surface area (Å²) in [6, 6.07) is 0. The summed E-state index contributed by atoms with van der Waals surface area (Å²) in [5, 5.41) is 0.584. The fraction of sp³-hybridized carbons (Fsp3) is 0.250. The lowest BCUT2D eigenvalue weighted by Crippen LogP contribution is -1.94. The SMILES string of the molecule is CCn1ccnc1-c1cnc(N)s1. The monoisotopic (exact) mass is 194 g/mol. The first-order chi connectivity index (χ1) is 6.31. The average molecular weight is 194 g/mol. The molecule has 0 unspecified atom stereocenters. The van der Waals surface area contributed by atoms with Gasteiger partial charge >= 0.3 is 0 Å². The van der Waals surface area contributed by atoms with Gasteiger partial charge in [0.1, 0.15) is 0 Å². The van der Waals surface area contributed by atoms with Crippen LogP contribution in [0.25, 0.3) is 10.7 Å². The minimum atomic E-state index is 0.584. The Labute approximate surface area is 80.1 Å². The predicted octanol–water partition coefficient (Wildman–Crippen LogP) is 1.61. The van der Waals surface area contributed by atoms with E-state index in [0.717, 1.165) is 17.2 Å². The van der Waals surface area contributed by atoms with Crippen molar-refractivity contribution in [1.29, 1.82) is 0 Å². The van der Waals surface area contributed by atoms with Crippen molar-refractivity contribution in [3.63, 3.8) is 0 Å². The van der Waals surface area contributed by atoms with Crippen LogP contribution in [-0.2, 0) is 6.54 Å². The van der Waals surface area contributed by atoms with Crippen LogP contribution in [0.3, 0.4) is 0 Å². The number of aromatic nitrogens is 3. The molecule has 0 saturated heterocycles. The standard InChI is InChI=1S/C8H10N4S/c1-2-12-4-3-10-7(12)6-5-11-8(9)13-6/h3-5H,2H2,1H3,(H2,9,11). The van der Waals surface area contributed by atoms with Gasteiger partial charge in [0.25, 0.3) is 0 Å². The Balaban J connectivity index is 2.45. The molecule has 68 valence electrons. The zero-order valence-electron chi connectivity index (χ0n) is 7.27. The van der Waals surface area contributed by atoms with Crippen LogP contribution in [0.4, 0.5) is 5.13 Å². The Morgan fingerprint density at radius 2 is 2.38 bits per heavy atom. The van der Waals surface area contributed by atoms with E-state index in [1.807, 2.05) is 6.20 Å². The van der Waals surface area contributed by atoms with Gasteiger partial charge in [-0.05, 0) is 6.92 Å². The van der Waals surface area contributed by atoms with Gasteiger partial charge in [0.2, 0.25) is 0 Å². The number of hydrogen-bond donors (Lipinski definition) is 1. The van der Waals surface area contributed by atoms with Gasteiger partial charge in [0, 0.05) is 18.9 Å². The normalized spacial score (nSPS) is 10.5. The molecule has 0 aliphatic heterocycles. The maximum Gasteiger partial charge on any atom is 0.180 e. The van der Waals surface area contributed by atoms with Crippen LogP contribution in [0.15, 0.2) is 18.6 Å². The Morgan fingerprint density at radius 3 is 3.00 bits per heavy atom. The number of thiazole rings is 1. The highest BCUT2D eigenvalue weighted by Crippen LogP contribution is 2.25. The first-order valence-corrected chi connectivity index (χ1v) is 4.85. The third kappa shape index (κ3) is 1.42. The molecule has 0 radical (unpaired) electrons. The number of aryl methyl sites for hydroxylation is 1. The lowest BCUT2D eigenvalue weighted by atomic mass is 10.5. The molecule has 5 heteroatoms. The van der Waals surface area contributed by atoms with E-state index in [9.17, 15) is 0 Å². The molecular formula is C8H10N4S. The summed E-state index contributed by atoms with van der Waals surface area (Å²) < 4.78 is 2.06. The lowest BCUT2D eigenvalue weighted by molar-refractivity contribution is 0.772. The van der Waals surface area contributed by atoms with E-state index in [4.69, 9.17) is 5.73 Å². The van der Waals surface area contributed by atoms with Crippen LogP contribution >= 0.6 is 11.3 Å². The molecule has 0 aliphatic carbocycles. The molecule has 0 aliphatic rings. The second kappa shape index (κ2) is 3.18. The van der Waals surface area contributed by atoms with Gasteiger partial charge in [-0.3, -0.25) is 0 Å². The summed E-state index contributed by atoms with van der Waals surface area (Å²) in [5.74, 6) is 0.941. The van der Waals surface area contributed by atoms with E-state index < -0.39 is 0 Å². The maximum absolute atomic E-state index is 5.55. The zero-order valence-corrected chi connectivity index (χ0v) is 8.08. The van der Waals surface area contributed by atoms with Crippen LogP contribution in [0, 0.1) is 0 Å². The summed E-state index contributed by atoms with van der Waals surface area (Å²) in [6.45, 7) is 2.99. The van der Waals surface area contributed by atoms with E-state index in [-0.39, 0.29) is 0 Å². The molecule has 0 saturated carbocycles. The van der Waals surface area contributed by atoms with Crippen molar-refractivity contribution in [1.82, 2.24) is 14.5 Å². The van der Waals surface area contributed by atoms with Crippen molar-refractivity contribution in [2.45, 2.75) is 13.5 Å². The summed E-state index contributed by atoms with van der Waals surface area (Å²) >= 11 is 1.46. The van der Waals surface area contributed by atoms with Crippen LogP contribution in [0.5, 0.6) is 0 Å². The molecule has 0 atom stereocenters. The molecule has 2 heterocycles. The summed E-state index contributed by atoms with van der Waals surface area (Å²) in [6.07, 6.45) is 5.49. The molecular weight excluding hydrogens is 184 g/mol. The van der Waals surface area contributed by atoms with Crippen molar-refractivity contribution >= 4 is 16.5 Å². The zero-order chi connectivity index (χ0) is 9.26. The molecule has 13 heavy (non-hydrogen) atoms. The molecule has 0 amide bonds. The molecule has 2 aromatic rings. The topological polar surface area (TPSA) is 56.7 Å². The Hall–Kier alpha value is -1.36. The number of nitrogens with two attached hydrogens (primary N) is 1. The number of rotatable bonds is 2. The Bertz CT molecular complexity index is 404. The second-order valence-electron chi connectivity index (χ2n) is 2.60. The maximum atomic E-state index is 5.55. The largest absolute Gasteiger partial charge is 0.375 e. The van der Waals surface area contributed by atoms with E-state index in [1.54, 1.807) is 12.4 Å². The molecule has 2 aromatic heterocycles. The molecule has 4 nitrogen and oxygen atoms in total. The molecule has 0 fully saturated rings. The number of anilines is 1. The van der Waals surface area contributed by atoms with Crippen LogP contribution in [0.1, 0.15) is 6.92 Å². The van der Waals surface area contributed by atoms with Crippen molar-refractivity contribution in [2.24, 2.45) is 0 Å². The van der Waals surface area contributed by atoms with Crippen LogP contribution < -0.4 is 5.73 Å².